The summed E-state index contributed by atoms with van der Waals surface area (Å²) >= 11 is 0. The summed E-state index contributed by atoms with van der Waals surface area (Å²) in [6.07, 6.45) is 12.3. The highest BCUT2D eigenvalue weighted by atomic mass is 19.1. The molecule has 11 heteroatoms. The van der Waals surface area contributed by atoms with E-state index in [4.69, 9.17) is 4.42 Å². The predicted molar refractivity (Wildman–Crippen MR) is 167 cm³/mol. The maximum absolute atomic E-state index is 16.5. The van der Waals surface area contributed by atoms with Crippen molar-refractivity contribution in [3.05, 3.63) is 114 Å². The van der Waals surface area contributed by atoms with Gasteiger partial charge in [0.15, 0.2) is 5.65 Å². The van der Waals surface area contributed by atoms with Gasteiger partial charge in [-0.2, -0.15) is 5.10 Å². The van der Waals surface area contributed by atoms with E-state index in [1.807, 2.05) is 24.4 Å². The van der Waals surface area contributed by atoms with Crippen LogP contribution in [0.15, 0.2) is 105 Å². The second-order valence-corrected chi connectivity index (χ2v) is 10.9. The lowest BCUT2D eigenvalue weighted by molar-refractivity contribution is 0.102. The molecule has 218 valence electrons. The van der Waals surface area contributed by atoms with Gasteiger partial charge in [-0.3, -0.25) is 14.8 Å². The smallest absolute Gasteiger partial charge is 0.255 e. The molecule has 0 saturated carbocycles. The maximum atomic E-state index is 16.5. The maximum Gasteiger partial charge on any atom is 0.255 e. The highest BCUT2D eigenvalue weighted by molar-refractivity contribution is 6.04. The van der Waals surface area contributed by atoms with Crippen molar-refractivity contribution in [3.63, 3.8) is 0 Å². The highest BCUT2D eigenvalue weighted by Gasteiger charge is 2.41. The van der Waals surface area contributed by atoms with E-state index in [0.29, 0.717) is 46.1 Å². The zero-order valence-electron chi connectivity index (χ0n) is 24.0. The first-order valence-electron chi connectivity index (χ1n) is 14.0. The fourth-order valence-electron chi connectivity index (χ4n) is 5.89. The minimum absolute atomic E-state index is 0.216. The molecule has 2 atom stereocenters. The average Bonchev–Trinajstić information content (AvgIpc) is 3.71. The molecule has 2 aliphatic heterocycles. The summed E-state index contributed by atoms with van der Waals surface area (Å²) in [5.74, 6) is -0.201. The number of nitrogens with zero attached hydrogens (tertiary/aromatic N) is 6. The third kappa shape index (κ3) is 4.41. The van der Waals surface area contributed by atoms with Gasteiger partial charge >= 0.3 is 0 Å². The number of pyridine rings is 2. The summed E-state index contributed by atoms with van der Waals surface area (Å²) in [4.78, 5) is 30.6. The summed E-state index contributed by atoms with van der Waals surface area (Å²) in [5, 5.41) is 11.1. The lowest BCUT2D eigenvalue weighted by atomic mass is 9.70. The number of benzene rings is 1. The Morgan fingerprint density at radius 3 is 2.84 bits per heavy atom. The minimum atomic E-state index is -0.521. The molecule has 0 fully saturated rings. The SMILES string of the molecule is C=NC1C=C(c2nn(C)c3ncc(-c4cncc(NC(=O)c5ccccc5)c4)c(F)c23)NC2=C1C(C)(c1ccoc1)CC=N2. The van der Waals surface area contributed by atoms with Crippen LogP contribution >= 0.6 is 0 Å². The number of anilines is 1. The number of dihydropyridines is 1. The van der Waals surface area contributed by atoms with Crippen molar-refractivity contribution in [2.75, 3.05) is 5.32 Å². The third-order valence-electron chi connectivity index (χ3n) is 8.18. The summed E-state index contributed by atoms with van der Waals surface area (Å²) < 4.78 is 23.4. The fourth-order valence-corrected chi connectivity index (χ4v) is 5.89. The molecule has 0 radical (unpaired) electrons. The Morgan fingerprint density at radius 2 is 2.07 bits per heavy atom. The molecular formula is C33H27FN8O2. The normalized spacial score (nSPS) is 19.3. The van der Waals surface area contributed by atoms with Crippen molar-refractivity contribution < 1.29 is 13.6 Å². The van der Waals surface area contributed by atoms with Crippen molar-refractivity contribution in [1.29, 1.82) is 0 Å². The number of nitrogens with one attached hydrogen (secondary N) is 2. The Bertz CT molecular complexity index is 2030. The van der Waals surface area contributed by atoms with Crippen LogP contribution in [0.1, 0.15) is 35.0 Å². The van der Waals surface area contributed by atoms with E-state index >= 15 is 4.39 Å². The van der Waals surface area contributed by atoms with Crippen molar-refractivity contribution in [3.8, 4) is 11.1 Å². The first kappa shape index (κ1) is 27.1. The number of furan rings is 1. The van der Waals surface area contributed by atoms with Gasteiger partial charge in [0.25, 0.3) is 5.91 Å². The van der Waals surface area contributed by atoms with Gasteiger partial charge in [0.1, 0.15) is 17.3 Å². The van der Waals surface area contributed by atoms with Gasteiger partial charge in [0.05, 0.1) is 41.5 Å². The van der Waals surface area contributed by atoms with E-state index < -0.39 is 17.3 Å². The number of fused-ring (bicyclic) bond motifs is 1. The number of aliphatic imine (C=N–C) groups is 2. The van der Waals surface area contributed by atoms with E-state index in [-0.39, 0.29) is 16.9 Å². The van der Waals surface area contributed by atoms with Crippen LogP contribution in [0.4, 0.5) is 10.1 Å². The lowest BCUT2D eigenvalue weighted by Crippen LogP contribution is -2.39. The monoisotopic (exact) mass is 586 g/mol. The van der Waals surface area contributed by atoms with E-state index in [0.717, 1.165) is 11.1 Å². The molecule has 1 aromatic carbocycles. The van der Waals surface area contributed by atoms with Crippen LogP contribution in [-0.2, 0) is 12.5 Å². The van der Waals surface area contributed by atoms with Crippen LogP contribution in [0.5, 0.6) is 0 Å². The van der Waals surface area contributed by atoms with Gasteiger partial charge in [0.2, 0.25) is 0 Å². The van der Waals surface area contributed by atoms with Crippen molar-refractivity contribution in [1.82, 2.24) is 25.1 Å². The predicted octanol–water partition coefficient (Wildman–Crippen LogP) is 5.67. The summed E-state index contributed by atoms with van der Waals surface area (Å²) in [5.41, 5.74) is 4.38. The van der Waals surface area contributed by atoms with Crippen molar-refractivity contribution in [2.24, 2.45) is 17.0 Å². The first-order chi connectivity index (χ1) is 21.4. The van der Waals surface area contributed by atoms with E-state index in [2.05, 4.69) is 49.3 Å². The first-order valence-corrected chi connectivity index (χ1v) is 14.0. The Hall–Kier alpha value is -5.71. The average molecular weight is 587 g/mol. The number of hydrogen-bond donors (Lipinski definition) is 2. The summed E-state index contributed by atoms with van der Waals surface area (Å²) in [7, 11) is 1.71. The Balaban J connectivity index is 1.27. The quantitative estimate of drug-likeness (QED) is 0.247. The molecule has 0 aliphatic carbocycles. The van der Waals surface area contributed by atoms with Gasteiger partial charge in [0, 0.05) is 58.9 Å². The molecule has 4 aromatic heterocycles. The molecule has 6 heterocycles. The highest BCUT2D eigenvalue weighted by Crippen LogP contribution is 2.44. The van der Waals surface area contributed by atoms with Gasteiger partial charge in [-0.05, 0) is 43.5 Å². The third-order valence-corrected chi connectivity index (χ3v) is 8.18. The van der Waals surface area contributed by atoms with Crippen LogP contribution in [0.3, 0.4) is 0 Å². The Morgan fingerprint density at radius 1 is 1.23 bits per heavy atom. The zero-order valence-corrected chi connectivity index (χ0v) is 24.0. The van der Waals surface area contributed by atoms with Crippen LogP contribution in [0.2, 0.25) is 0 Å². The van der Waals surface area contributed by atoms with Crippen molar-refractivity contribution in [2.45, 2.75) is 24.8 Å². The van der Waals surface area contributed by atoms with E-state index in [1.54, 1.807) is 49.9 Å². The molecule has 7 rings (SSSR count). The largest absolute Gasteiger partial charge is 0.472 e. The van der Waals surface area contributed by atoms with Crippen LogP contribution in [0, 0.1) is 5.82 Å². The molecule has 0 bridgehead atoms. The number of aromatic nitrogens is 4. The van der Waals surface area contributed by atoms with Crippen molar-refractivity contribution >= 4 is 41.3 Å². The molecule has 2 unspecified atom stereocenters. The second-order valence-electron chi connectivity index (χ2n) is 10.9. The topological polar surface area (TPSA) is 123 Å². The Labute approximate surface area is 251 Å². The second kappa shape index (κ2) is 10.5. The van der Waals surface area contributed by atoms with Crippen LogP contribution in [-0.4, -0.2) is 44.6 Å². The minimum Gasteiger partial charge on any atom is -0.472 e. The zero-order chi connectivity index (χ0) is 30.4. The summed E-state index contributed by atoms with van der Waals surface area (Å²) in [6, 6.07) is 12.0. The molecule has 2 N–H and O–H groups in total. The van der Waals surface area contributed by atoms with Crippen LogP contribution in [0.25, 0.3) is 27.9 Å². The number of halogens is 1. The number of aryl methyl sites for hydroxylation is 1. The molecule has 0 saturated heterocycles. The standard InChI is InChI=1S/C33H27FN8O2/c1-33(21-9-12-44-18-21)10-11-37-30-27(33)24(35-2)14-25(40-30)29-26-28(34)23(17-38-31(26)42(3)41-29)20-13-22(16-36-15-20)39-32(43)19-7-5-4-6-8-19/h4-9,11-18,24,40H,2,10H2,1,3H3,(H,39,43). The number of rotatable bonds is 6. The van der Waals surface area contributed by atoms with E-state index in [9.17, 15) is 4.79 Å². The number of carbonyl (C=O) groups excluding carboxylic acids is 1. The number of hydrogen-bond acceptors (Lipinski definition) is 8. The lowest BCUT2D eigenvalue weighted by Gasteiger charge is -2.38. The number of amides is 1. The van der Waals surface area contributed by atoms with E-state index in [1.165, 1.54) is 23.3 Å². The molecule has 44 heavy (non-hydrogen) atoms. The molecule has 5 aromatic rings. The van der Waals surface area contributed by atoms with Gasteiger partial charge < -0.3 is 15.1 Å². The Kier molecular flexibility index (Phi) is 6.50. The van der Waals surface area contributed by atoms with Gasteiger partial charge in [-0.25, -0.2) is 19.0 Å². The van der Waals surface area contributed by atoms with Gasteiger partial charge in [-0.15, -0.1) is 0 Å². The molecule has 0 spiro atoms. The summed E-state index contributed by atoms with van der Waals surface area (Å²) in [6.45, 7) is 5.98. The molecule has 10 nitrogen and oxygen atoms in total. The number of carbonyl (C=O) groups is 1. The molecule has 1 amide bonds. The van der Waals surface area contributed by atoms with Gasteiger partial charge in [-0.1, -0.05) is 25.1 Å². The fraction of sp³-hybridized carbons (Fsp3) is 0.152. The molecular weight excluding hydrogens is 559 g/mol. The molecule has 2 aliphatic rings. The van der Waals surface area contributed by atoms with Crippen LogP contribution < -0.4 is 10.6 Å².